The molecule has 2 heterocycles. The predicted octanol–water partition coefficient (Wildman–Crippen LogP) is 3.95. The van der Waals surface area contributed by atoms with E-state index < -0.39 is 23.8 Å². The third-order valence-corrected chi connectivity index (χ3v) is 5.61. The molecule has 0 saturated heterocycles. The van der Waals surface area contributed by atoms with Crippen molar-refractivity contribution in [1.82, 2.24) is 9.88 Å². The zero-order valence-electron chi connectivity index (χ0n) is 15.5. The second-order valence-electron chi connectivity index (χ2n) is 7.15. The van der Waals surface area contributed by atoms with Gasteiger partial charge in [-0.15, -0.1) is 0 Å². The van der Waals surface area contributed by atoms with Crippen LogP contribution in [0.25, 0.3) is 10.2 Å². The van der Waals surface area contributed by atoms with Gasteiger partial charge in [-0.05, 0) is 36.6 Å². The van der Waals surface area contributed by atoms with Crippen molar-refractivity contribution in [2.75, 3.05) is 5.32 Å². The number of rotatable bonds is 5. The van der Waals surface area contributed by atoms with Crippen molar-refractivity contribution < 1.29 is 14.4 Å². The molecule has 0 unspecified atom stereocenters. The van der Waals surface area contributed by atoms with E-state index in [-0.39, 0.29) is 5.92 Å². The molecule has 6 nitrogen and oxygen atoms in total. The average Bonchev–Trinajstić information content (AvgIpc) is 3.19. The van der Waals surface area contributed by atoms with Crippen molar-refractivity contribution in [3.8, 4) is 0 Å². The Morgan fingerprint density at radius 3 is 2.25 bits per heavy atom. The zero-order chi connectivity index (χ0) is 19.8. The van der Waals surface area contributed by atoms with Gasteiger partial charge in [0.25, 0.3) is 11.8 Å². The number of hydrogen-bond donors (Lipinski definition) is 1. The van der Waals surface area contributed by atoms with Crippen LogP contribution in [0.3, 0.4) is 0 Å². The number of aromatic nitrogens is 1. The van der Waals surface area contributed by atoms with Crippen LogP contribution in [0.2, 0.25) is 0 Å². The highest BCUT2D eigenvalue weighted by Crippen LogP contribution is 2.29. The number of hydrogen-bond acceptors (Lipinski definition) is 5. The molecular weight excluding hydrogens is 374 g/mol. The standard InChI is InChI=1S/C21H19N3O3S/c1-12(2)11-16(24-19(26)13-7-3-4-8-14(13)20(24)27)18(25)23-21-22-15-9-5-6-10-17(15)28-21/h3-10,12,16H,11H2,1-2H3,(H,22,23,25)/t16-/m1/s1. The van der Waals surface area contributed by atoms with Crippen LogP contribution >= 0.6 is 11.3 Å². The molecular formula is C21H19N3O3S. The molecule has 0 saturated carbocycles. The molecule has 3 amide bonds. The van der Waals surface area contributed by atoms with Crippen LogP contribution in [0.4, 0.5) is 5.13 Å². The molecule has 0 bridgehead atoms. The summed E-state index contributed by atoms with van der Waals surface area (Å²) in [6, 6.07) is 13.4. The molecule has 7 heteroatoms. The number of carbonyl (C=O) groups is 3. The Bertz CT molecular complexity index is 1020. The van der Waals surface area contributed by atoms with E-state index in [2.05, 4.69) is 10.3 Å². The fourth-order valence-electron chi connectivity index (χ4n) is 3.38. The first-order valence-electron chi connectivity index (χ1n) is 9.09. The predicted molar refractivity (Wildman–Crippen MR) is 108 cm³/mol. The van der Waals surface area contributed by atoms with Gasteiger partial charge in [0.1, 0.15) is 6.04 Å². The summed E-state index contributed by atoms with van der Waals surface area (Å²) < 4.78 is 0.957. The second kappa shape index (κ2) is 7.16. The van der Waals surface area contributed by atoms with Crippen molar-refractivity contribution in [2.45, 2.75) is 26.3 Å². The number of anilines is 1. The molecule has 2 aromatic carbocycles. The summed E-state index contributed by atoms with van der Waals surface area (Å²) in [6.45, 7) is 3.91. The van der Waals surface area contributed by atoms with Gasteiger partial charge in [0, 0.05) is 0 Å². The van der Waals surface area contributed by atoms with Crippen LogP contribution in [0, 0.1) is 5.92 Å². The van der Waals surface area contributed by atoms with Crippen LogP contribution < -0.4 is 5.32 Å². The number of imide groups is 1. The highest BCUT2D eigenvalue weighted by Gasteiger charge is 2.42. The minimum Gasteiger partial charge on any atom is -0.300 e. The normalized spacial score (nSPS) is 14.6. The molecule has 0 fully saturated rings. The molecule has 1 N–H and O–H groups in total. The summed E-state index contributed by atoms with van der Waals surface area (Å²) in [5.41, 5.74) is 1.48. The quantitative estimate of drug-likeness (QED) is 0.666. The van der Waals surface area contributed by atoms with E-state index >= 15 is 0 Å². The van der Waals surface area contributed by atoms with Gasteiger partial charge in [-0.1, -0.05) is 49.4 Å². The smallest absolute Gasteiger partial charge is 0.262 e. The molecule has 3 aromatic rings. The number of carbonyl (C=O) groups excluding carboxylic acids is 3. The van der Waals surface area contributed by atoms with E-state index in [0.29, 0.717) is 22.7 Å². The van der Waals surface area contributed by atoms with Crippen molar-refractivity contribution >= 4 is 44.4 Å². The third kappa shape index (κ3) is 3.18. The summed E-state index contributed by atoms with van der Waals surface area (Å²) >= 11 is 1.36. The third-order valence-electron chi connectivity index (χ3n) is 4.66. The van der Waals surface area contributed by atoms with Gasteiger partial charge in [-0.3, -0.25) is 19.3 Å². The highest BCUT2D eigenvalue weighted by atomic mass is 32.1. The lowest BCUT2D eigenvalue weighted by Gasteiger charge is -2.26. The summed E-state index contributed by atoms with van der Waals surface area (Å²) in [5, 5.41) is 3.26. The van der Waals surface area contributed by atoms with Crippen LogP contribution in [0.1, 0.15) is 41.0 Å². The Balaban J connectivity index is 1.63. The van der Waals surface area contributed by atoms with Crippen LogP contribution in [0.5, 0.6) is 0 Å². The van der Waals surface area contributed by atoms with E-state index in [1.807, 2.05) is 38.1 Å². The Labute approximate surface area is 166 Å². The minimum absolute atomic E-state index is 0.121. The van der Waals surface area contributed by atoms with Gasteiger partial charge < -0.3 is 5.32 Å². The van der Waals surface area contributed by atoms with E-state index in [1.54, 1.807) is 24.3 Å². The topological polar surface area (TPSA) is 79.4 Å². The maximum Gasteiger partial charge on any atom is 0.262 e. The zero-order valence-corrected chi connectivity index (χ0v) is 16.3. The van der Waals surface area contributed by atoms with Gasteiger partial charge >= 0.3 is 0 Å². The van der Waals surface area contributed by atoms with Crippen molar-refractivity contribution in [3.05, 3.63) is 59.7 Å². The Hall–Kier alpha value is -3.06. The van der Waals surface area contributed by atoms with Crippen molar-refractivity contribution in [1.29, 1.82) is 0 Å². The van der Waals surface area contributed by atoms with Crippen LogP contribution in [-0.2, 0) is 4.79 Å². The summed E-state index contributed by atoms with van der Waals surface area (Å²) in [6.07, 6.45) is 0.377. The first kappa shape index (κ1) is 18.3. The summed E-state index contributed by atoms with van der Waals surface area (Å²) in [4.78, 5) is 44.3. The monoisotopic (exact) mass is 393 g/mol. The van der Waals surface area contributed by atoms with E-state index in [1.165, 1.54) is 11.3 Å². The van der Waals surface area contributed by atoms with E-state index in [0.717, 1.165) is 15.1 Å². The molecule has 142 valence electrons. The SMILES string of the molecule is CC(C)C[C@H](C(=O)Nc1nc2ccccc2s1)N1C(=O)c2ccccc2C1=O. The molecule has 0 spiro atoms. The fraction of sp³-hybridized carbons (Fsp3) is 0.238. The number of benzene rings is 2. The van der Waals surface area contributed by atoms with E-state index in [4.69, 9.17) is 0 Å². The molecule has 28 heavy (non-hydrogen) atoms. The number of fused-ring (bicyclic) bond motifs is 2. The van der Waals surface area contributed by atoms with Crippen LogP contribution in [-0.4, -0.2) is 33.6 Å². The van der Waals surface area contributed by atoms with Crippen molar-refractivity contribution in [3.63, 3.8) is 0 Å². The molecule has 0 aliphatic carbocycles. The fourth-order valence-corrected chi connectivity index (χ4v) is 4.25. The molecule has 4 rings (SSSR count). The van der Waals surface area contributed by atoms with Gasteiger partial charge in [0.2, 0.25) is 5.91 Å². The first-order chi connectivity index (χ1) is 13.5. The number of thiazole rings is 1. The minimum atomic E-state index is -0.889. The van der Waals surface area contributed by atoms with Crippen molar-refractivity contribution in [2.24, 2.45) is 5.92 Å². The maximum absolute atomic E-state index is 13.1. The van der Waals surface area contributed by atoms with Gasteiger partial charge in [0.15, 0.2) is 5.13 Å². The maximum atomic E-state index is 13.1. The average molecular weight is 393 g/mol. The lowest BCUT2D eigenvalue weighted by molar-refractivity contribution is -0.120. The van der Waals surface area contributed by atoms with E-state index in [9.17, 15) is 14.4 Å². The first-order valence-corrected chi connectivity index (χ1v) is 9.90. The number of amides is 3. The lowest BCUT2D eigenvalue weighted by atomic mass is 10.0. The molecule has 1 aromatic heterocycles. The van der Waals surface area contributed by atoms with Gasteiger partial charge in [0.05, 0.1) is 21.3 Å². The number of nitrogens with zero attached hydrogens (tertiary/aromatic N) is 2. The van der Waals surface area contributed by atoms with Gasteiger partial charge in [-0.25, -0.2) is 4.98 Å². The second-order valence-corrected chi connectivity index (χ2v) is 8.18. The summed E-state index contributed by atoms with van der Waals surface area (Å²) in [7, 11) is 0. The Morgan fingerprint density at radius 2 is 1.64 bits per heavy atom. The molecule has 0 radical (unpaired) electrons. The number of nitrogens with one attached hydrogen (secondary N) is 1. The lowest BCUT2D eigenvalue weighted by Crippen LogP contribution is -2.47. The van der Waals surface area contributed by atoms with Crippen LogP contribution in [0.15, 0.2) is 48.5 Å². The number of para-hydroxylation sites is 1. The Morgan fingerprint density at radius 1 is 1.04 bits per heavy atom. The molecule has 1 aliphatic heterocycles. The summed E-state index contributed by atoms with van der Waals surface area (Å²) in [5.74, 6) is -1.13. The molecule has 1 aliphatic rings. The largest absolute Gasteiger partial charge is 0.300 e. The molecule has 1 atom stereocenters. The van der Waals surface area contributed by atoms with Gasteiger partial charge in [-0.2, -0.15) is 0 Å². The Kier molecular flexibility index (Phi) is 4.68. The highest BCUT2D eigenvalue weighted by molar-refractivity contribution is 7.22.